The molecule has 1 aromatic heterocycles. The van der Waals surface area contributed by atoms with Gasteiger partial charge in [-0.3, -0.25) is 4.79 Å². The molecule has 0 radical (unpaired) electrons. The fourth-order valence-corrected chi connectivity index (χ4v) is 6.29. The number of nitrogens with one attached hydrogen (secondary N) is 1. The number of methoxy groups -OCH3 is 2. The fraction of sp³-hybridized carbons (Fsp3) is 0.406. The number of hydrogen-bond donors (Lipinski definition) is 2. The number of carbonyl (C=O) groups is 3. The molecule has 5 rings (SSSR count). The highest BCUT2D eigenvalue weighted by Gasteiger charge is 2.45. The lowest BCUT2D eigenvalue weighted by Crippen LogP contribution is -2.65. The van der Waals surface area contributed by atoms with E-state index >= 15 is 0 Å². The number of nitrogens with zero attached hydrogens (tertiary/aromatic N) is 2. The third-order valence-electron chi connectivity index (χ3n) is 8.13. The number of piperazine rings is 1. The van der Waals surface area contributed by atoms with Crippen molar-refractivity contribution in [2.24, 2.45) is 0 Å². The molecule has 12 heteroatoms. The summed E-state index contributed by atoms with van der Waals surface area (Å²) in [5, 5.41) is 14.6. The van der Waals surface area contributed by atoms with Crippen LogP contribution in [0.3, 0.4) is 0 Å². The Balaban J connectivity index is 1.47. The molecule has 44 heavy (non-hydrogen) atoms. The van der Waals surface area contributed by atoms with Crippen LogP contribution in [-0.2, 0) is 23.9 Å². The van der Waals surface area contributed by atoms with Crippen LogP contribution in [0.1, 0.15) is 48.8 Å². The Kier molecular flexibility index (Phi) is 9.59. The molecule has 2 aliphatic rings. The topological polar surface area (TPSA) is 125 Å². The second-order valence-corrected chi connectivity index (χ2v) is 11.4. The molecule has 2 aliphatic heterocycles. The van der Waals surface area contributed by atoms with Gasteiger partial charge in [0.2, 0.25) is 0 Å². The van der Waals surface area contributed by atoms with Crippen molar-refractivity contribution in [2.75, 3.05) is 47.0 Å². The molecular formula is C32H37ClN3O8+. The molecule has 0 saturated carbocycles. The number of aromatic nitrogens is 1. The fourth-order valence-electron chi connectivity index (χ4n) is 6.11. The van der Waals surface area contributed by atoms with E-state index in [-0.39, 0.29) is 51.5 Å². The average molecular weight is 627 g/mol. The Morgan fingerprint density at radius 1 is 1.16 bits per heavy atom. The van der Waals surface area contributed by atoms with E-state index in [0.717, 1.165) is 16.9 Å². The number of hydrogen-bond acceptors (Lipinski definition) is 8. The van der Waals surface area contributed by atoms with E-state index < -0.39 is 34.7 Å². The molecule has 11 nitrogen and oxygen atoms in total. The van der Waals surface area contributed by atoms with Crippen molar-refractivity contribution in [1.29, 1.82) is 0 Å². The maximum Gasteiger partial charge on any atom is 0.362 e. The Hall–Kier alpha value is -3.90. The van der Waals surface area contributed by atoms with Gasteiger partial charge in [0.1, 0.15) is 18.8 Å². The lowest BCUT2D eigenvalue weighted by molar-refractivity contribution is -0.841. The van der Waals surface area contributed by atoms with E-state index in [1.807, 2.05) is 47.2 Å². The van der Waals surface area contributed by atoms with Gasteiger partial charge in [0, 0.05) is 28.8 Å². The zero-order valence-corrected chi connectivity index (χ0v) is 25.7. The van der Waals surface area contributed by atoms with E-state index in [1.165, 1.54) is 0 Å². The van der Waals surface area contributed by atoms with E-state index in [2.05, 4.69) is 5.32 Å². The van der Waals surface area contributed by atoms with Crippen molar-refractivity contribution in [3.8, 4) is 17.2 Å². The maximum absolute atomic E-state index is 13.7. The summed E-state index contributed by atoms with van der Waals surface area (Å²) in [6.07, 6.45) is -0.786. The first kappa shape index (κ1) is 31.5. The molecule has 2 amide bonds. The van der Waals surface area contributed by atoms with Gasteiger partial charge < -0.3 is 33.9 Å². The molecule has 4 atom stereocenters. The van der Waals surface area contributed by atoms with Crippen LogP contribution in [0.25, 0.3) is 5.69 Å². The van der Waals surface area contributed by atoms with Gasteiger partial charge in [-0.25, -0.2) is 14.1 Å². The Bertz CT molecular complexity index is 1540. The quantitative estimate of drug-likeness (QED) is 0.259. The average Bonchev–Trinajstić information content (AvgIpc) is 3.44. The van der Waals surface area contributed by atoms with Crippen LogP contribution in [0, 0.1) is 0 Å². The standard InChI is InChI=1S/C32H36ClN3O8/c1-4-43-30(40)19-36(14-12-34-28(38)18-36)29(39)17-21(37)16-27-25-8-6-13-35(25)24-11-10-20(33)15-23(24)31(44-27)22-7-5-9-26(41-2)32(22)42-3/h5-11,13,15,21,27,31,37H,4,12,14,16-19H2,1-3H3/p+1/t21?,27-,31-,36?/m1/s1. The summed E-state index contributed by atoms with van der Waals surface area (Å²) in [7, 11) is 3.12. The first-order valence-electron chi connectivity index (χ1n) is 14.5. The highest BCUT2D eigenvalue weighted by atomic mass is 35.5. The first-order chi connectivity index (χ1) is 21.2. The van der Waals surface area contributed by atoms with Crippen LogP contribution in [0.15, 0.2) is 54.7 Å². The molecule has 2 N–H and O–H groups in total. The smallest absolute Gasteiger partial charge is 0.362 e. The van der Waals surface area contributed by atoms with Crippen molar-refractivity contribution < 1.29 is 42.9 Å². The SMILES string of the molecule is CCOC(=O)C[N+]1(C(=O)CC(O)C[C@H]2O[C@H](c3cccc(OC)c3OC)c3cc(Cl)ccc3-n3cccc32)CCNC(=O)C1. The second kappa shape index (κ2) is 13.4. The molecule has 3 heterocycles. The monoisotopic (exact) mass is 626 g/mol. The van der Waals surface area contributed by atoms with Crippen molar-refractivity contribution in [3.63, 3.8) is 0 Å². The predicted molar refractivity (Wildman–Crippen MR) is 161 cm³/mol. The lowest BCUT2D eigenvalue weighted by Gasteiger charge is -2.37. The summed E-state index contributed by atoms with van der Waals surface area (Å²) < 4.78 is 24.8. The van der Waals surface area contributed by atoms with Crippen LogP contribution >= 0.6 is 11.6 Å². The zero-order valence-electron chi connectivity index (χ0n) is 25.0. The van der Waals surface area contributed by atoms with E-state index in [4.69, 9.17) is 30.5 Å². The van der Waals surface area contributed by atoms with Crippen LogP contribution in [0.2, 0.25) is 5.02 Å². The molecule has 0 bridgehead atoms. The third-order valence-corrected chi connectivity index (χ3v) is 8.36. The van der Waals surface area contributed by atoms with Crippen LogP contribution in [0.5, 0.6) is 11.5 Å². The van der Waals surface area contributed by atoms with Crippen molar-refractivity contribution in [1.82, 2.24) is 9.88 Å². The minimum atomic E-state index is -1.14. The number of aliphatic hydroxyl groups excluding tert-OH is 1. The number of esters is 1. The van der Waals surface area contributed by atoms with Crippen molar-refractivity contribution in [3.05, 3.63) is 76.6 Å². The highest BCUT2D eigenvalue weighted by Crippen LogP contribution is 2.46. The highest BCUT2D eigenvalue weighted by molar-refractivity contribution is 6.30. The molecular weight excluding hydrogens is 590 g/mol. The Morgan fingerprint density at radius 3 is 2.70 bits per heavy atom. The first-order valence-corrected chi connectivity index (χ1v) is 14.9. The second-order valence-electron chi connectivity index (χ2n) is 10.9. The number of rotatable bonds is 10. The number of carbonyl (C=O) groups excluding carboxylic acids is 3. The summed E-state index contributed by atoms with van der Waals surface area (Å²) in [5.41, 5.74) is 3.11. The summed E-state index contributed by atoms with van der Waals surface area (Å²) in [6, 6.07) is 14.9. The molecule has 0 spiro atoms. The van der Waals surface area contributed by atoms with Crippen LogP contribution in [-0.4, -0.2) is 85.0 Å². The lowest BCUT2D eigenvalue weighted by atomic mass is 9.98. The maximum atomic E-state index is 13.7. The van der Waals surface area contributed by atoms with Crippen molar-refractivity contribution in [2.45, 2.75) is 38.1 Å². The molecule has 1 saturated heterocycles. The van der Waals surface area contributed by atoms with Crippen LogP contribution < -0.4 is 14.8 Å². The van der Waals surface area contributed by atoms with Crippen molar-refractivity contribution >= 4 is 29.4 Å². The zero-order chi connectivity index (χ0) is 31.4. The number of aliphatic hydroxyl groups is 1. The molecule has 2 unspecified atom stereocenters. The van der Waals surface area contributed by atoms with E-state index in [1.54, 1.807) is 33.3 Å². The Labute approximate surface area is 260 Å². The molecule has 2 aromatic carbocycles. The Morgan fingerprint density at radius 2 is 1.98 bits per heavy atom. The van der Waals surface area contributed by atoms with Gasteiger partial charge in [-0.05, 0) is 43.3 Å². The van der Waals surface area contributed by atoms with Gasteiger partial charge >= 0.3 is 11.9 Å². The number of fused-ring (bicyclic) bond motifs is 3. The summed E-state index contributed by atoms with van der Waals surface area (Å²) in [5.74, 6) is -0.281. The number of ether oxygens (including phenoxy) is 4. The minimum absolute atomic E-state index is 0.0614. The van der Waals surface area contributed by atoms with Gasteiger partial charge in [0.05, 0.1) is 51.3 Å². The summed E-state index contributed by atoms with van der Waals surface area (Å²) in [6.45, 7) is 1.84. The molecule has 3 aromatic rings. The molecule has 234 valence electrons. The van der Waals surface area contributed by atoms with Gasteiger partial charge in [0.15, 0.2) is 24.6 Å². The number of halogens is 1. The van der Waals surface area contributed by atoms with Gasteiger partial charge in [-0.2, -0.15) is 0 Å². The van der Waals surface area contributed by atoms with Gasteiger partial charge in [-0.1, -0.05) is 23.7 Å². The predicted octanol–water partition coefficient (Wildman–Crippen LogP) is 3.49. The number of quaternary nitrogens is 1. The molecule has 1 fully saturated rings. The largest absolute Gasteiger partial charge is 0.493 e. The summed E-state index contributed by atoms with van der Waals surface area (Å²) in [4.78, 5) is 38.5. The number of para-hydroxylation sites is 1. The van der Waals surface area contributed by atoms with Gasteiger partial charge in [0.25, 0.3) is 5.91 Å². The normalized spacial score (nSPS) is 21.7. The summed E-state index contributed by atoms with van der Waals surface area (Å²) >= 11 is 6.49. The van der Waals surface area contributed by atoms with E-state index in [0.29, 0.717) is 22.1 Å². The minimum Gasteiger partial charge on any atom is -0.493 e. The van der Waals surface area contributed by atoms with E-state index in [9.17, 15) is 19.5 Å². The van der Waals surface area contributed by atoms with Gasteiger partial charge in [-0.15, -0.1) is 0 Å². The number of benzene rings is 2. The molecule has 0 aliphatic carbocycles. The third kappa shape index (κ3) is 6.32. The number of amides is 2. The van der Waals surface area contributed by atoms with Crippen LogP contribution in [0.4, 0.5) is 0 Å².